The molecular weight excluding hydrogens is 311 g/mol. The van der Waals surface area contributed by atoms with E-state index in [0.717, 1.165) is 5.56 Å². The number of rotatable bonds is 7. The number of halogens is 1. The van der Waals surface area contributed by atoms with Gasteiger partial charge in [-0.1, -0.05) is 19.1 Å². The summed E-state index contributed by atoms with van der Waals surface area (Å²) in [4.78, 5) is 26.0. The first kappa shape index (κ1) is 17.7. The van der Waals surface area contributed by atoms with Crippen LogP contribution in [0.1, 0.15) is 31.6 Å². The monoisotopic (exact) mass is 332 g/mol. The molecule has 1 unspecified atom stereocenters. The molecule has 1 heterocycles. The maximum atomic E-state index is 13.0. The van der Waals surface area contributed by atoms with E-state index in [9.17, 15) is 14.0 Å². The van der Waals surface area contributed by atoms with Crippen LogP contribution in [0.25, 0.3) is 0 Å². The van der Waals surface area contributed by atoms with Crippen molar-refractivity contribution in [3.63, 3.8) is 0 Å². The second kappa shape index (κ2) is 8.29. The van der Waals surface area contributed by atoms with Crippen LogP contribution in [0.5, 0.6) is 0 Å². The fourth-order valence-electron chi connectivity index (χ4n) is 2.31. The van der Waals surface area contributed by atoms with Crippen molar-refractivity contribution in [2.75, 3.05) is 0 Å². The van der Waals surface area contributed by atoms with E-state index in [4.69, 9.17) is 4.42 Å². The summed E-state index contributed by atoms with van der Waals surface area (Å²) < 4.78 is 18.2. The minimum absolute atomic E-state index is 0.139. The fraction of sp³-hybridized carbons (Fsp3) is 0.333. The molecule has 128 valence electrons. The molecule has 0 aliphatic heterocycles. The molecule has 0 aliphatic carbocycles. The van der Waals surface area contributed by atoms with E-state index in [0.29, 0.717) is 5.76 Å². The highest BCUT2D eigenvalue weighted by Crippen LogP contribution is 2.12. The second-order valence-corrected chi connectivity index (χ2v) is 5.47. The van der Waals surface area contributed by atoms with Crippen molar-refractivity contribution in [2.45, 2.75) is 39.4 Å². The summed E-state index contributed by atoms with van der Waals surface area (Å²) in [5.41, 5.74) is 0.767. The van der Waals surface area contributed by atoms with Crippen LogP contribution in [0.2, 0.25) is 0 Å². The van der Waals surface area contributed by atoms with Gasteiger partial charge in [0.1, 0.15) is 17.6 Å². The number of hydrogen-bond donors (Lipinski definition) is 1. The molecule has 0 spiro atoms. The highest BCUT2D eigenvalue weighted by Gasteiger charge is 2.25. The van der Waals surface area contributed by atoms with Gasteiger partial charge in [-0.05, 0) is 36.8 Å². The van der Waals surface area contributed by atoms with Gasteiger partial charge >= 0.3 is 0 Å². The highest BCUT2D eigenvalue weighted by atomic mass is 19.1. The summed E-state index contributed by atoms with van der Waals surface area (Å²) in [5, 5.41) is 2.75. The zero-order valence-electron chi connectivity index (χ0n) is 13.8. The molecule has 2 rings (SSSR count). The van der Waals surface area contributed by atoms with Crippen molar-refractivity contribution < 1.29 is 18.4 Å². The summed E-state index contributed by atoms with van der Waals surface area (Å²) in [6.45, 7) is 3.94. The first-order valence-corrected chi connectivity index (χ1v) is 7.85. The number of nitrogens with zero attached hydrogens (tertiary/aromatic N) is 1. The molecule has 0 saturated heterocycles. The van der Waals surface area contributed by atoms with E-state index >= 15 is 0 Å². The predicted octanol–water partition coefficient (Wildman–Crippen LogP) is 2.86. The molecular formula is C18H21FN2O3. The van der Waals surface area contributed by atoms with Crippen molar-refractivity contribution in [2.24, 2.45) is 0 Å². The zero-order chi connectivity index (χ0) is 17.5. The third kappa shape index (κ3) is 4.68. The molecule has 1 aromatic carbocycles. The maximum absolute atomic E-state index is 13.0. The number of benzene rings is 1. The Labute approximate surface area is 140 Å². The molecule has 1 aromatic heterocycles. The van der Waals surface area contributed by atoms with Gasteiger partial charge < -0.3 is 14.6 Å². The Balaban J connectivity index is 2.03. The van der Waals surface area contributed by atoms with Gasteiger partial charge in [-0.3, -0.25) is 9.59 Å². The average molecular weight is 332 g/mol. The third-order valence-corrected chi connectivity index (χ3v) is 3.75. The van der Waals surface area contributed by atoms with E-state index in [1.54, 1.807) is 38.1 Å². The normalized spacial score (nSPS) is 11.8. The van der Waals surface area contributed by atoms with Gasteiger partial charge in [-0.2, -0.15) is 0 Å². The van der Waals surface area contributed by atoms with E-state index in [2.05, 4.69) is 5.32 Å². The quantitative estimate of drug-likeness (QED) is 0.848. The van der Waals surface area contributed by atoms with Crippen LogP contribution in [0.15, 0.2) is 47.1 Å². The van der Waals surface area contributed by atoms with Gasteiger partial charge in [0, 0.05) is 13.0 Å². The molecule has 24 heavy (non-hydrogen) atoms. The maximum Gasteiger partial charge on any atom is 0.242 e. The van der Waals surface area contributed by atoms with Gasteiger partial charge in [-0.15, -0.1) is 0 Å². The molecule has 6 heteroatoms. The first-order chi connectivity index (χ1) is 11.5. The Hall–Kier alpha value is -2.63. The Morgan fingerprint density at radius 3 is 2.54 bits per heavy atom. The van der Waals surface area contributed by atoms with Crippen molar-refractivity contribution >= 4 is 11.8 Å². The second-order valence-electron chi connectivity index (χ2n) is 5.47. The van der Waals surface area contributed by atoms with Crippen molar-refractivity contribution in [1.29, 1.82) is 0 Å². The molecule has 1 atom stereocenters. The van der Waals surface area contributed by atoms with Crippen LogP contribution in [0, 0.1) is 5.82 Å². The van der Waals surface area contributed by atoms with Gasteiger partial charge in [-0.25, -0.2) is 4.39 Å². The number of amides is 2. The Bertz CT molecular complexity index is 668. The molecule has 2 aromatic rings. The largest absolute Gasteiger partial charge is 0.467 e. The first-order valence-electron chi connectivity index (χ1n) is 7.85. The van der Waals surface area contributed by atoms with Crippen LogP contribution in [0.3, 0.4) is 0 Å². The molecule has 2 amide bonds. The number of carbonyl (C=O) groups excluding carboxylic acids is 2. The number of nitrogens with one attached hydrogen (secondary N) is 1. The summed E-state index contributed by atoms with van der Waals surface area (Å²) in [7, 11) is 0. The predicted molar refractivity (Wildman–Crippen MR) is 87.3 cm³/mol. The Kier molecular flexibility index (Phi) is 6.12. The Morgan fingerprint density at radius 1 is 1.25 bits per heavy atom. The van der Waals surface area contributed by atoms with E-state index in [-0.39, 0.29) is 37.1 Å². The van der Waals surface area contributed by atoms with Crippen molar-refractivity contribution in [3.8, 4) is 0 Å². The van der Waals surface area contributed by atoms with Gasteiger partial charge in [0.25, 0.3) is 0 Å². The standard InChI is InChI=1S/C18H21FN2O3/c1-3-17(22)21(12-14-6-8-15(19)9-7-14)13(2)18(23)20-11-16-5-4-10-24-16/h4-10,13H,3,11-12H2,1-2H3,(H,20,23). The highest BCUT2D eigenvalue weighted by molar-refractivity contribution is 5.87. The molecule has 0 fully saturated rings. The van der Waals surface area contributed by atoms with E-state index in [1.165, 1.54) is 23.3 Å². The van der Waals surface area contributed by atoms with Gasteiger partial charge in [0.2, 0.25) is 11.8 Å². The molecule has 0 bridgehead atoms. The number of hydrogen-bond acceptors (Lipinski definition) is 3. The zero-order valence-corrected chi connectivity index (χ0v) is 13.8. The summed E-state index contributed by atoms with van der Waals surface area (Å²) in [6.07, 6.45) is 1.82. The smallest absolute Gasteiger partial charge is 0.242 e. The van der Waals surface area contributed by atoms with Crippen molar-refractivity contribution in [3.05, 3.63) is 59.8 Å². The molecule has 0 radical (unpaired) electrons. The third-order valence-electron chi connectivity index (χ3n) is 3.75. The Morgan fingerprint density at radius 2 is 1.96 bits per heavy atom. The molecule has 1 N–H and O–H groups in total. The molecule has 5 nitrogen and oxygen atoms in total. The van der Waals surface area contributed by atoms with Crippen molar-refractivity contribution in [1.82, 2.24) is 10.2 Å². The van der Waals surface area contributed by atoms with Crippen LogP contribution in [-0.2, 0) is 22.7 Å². The topological polar surface area (TPSA) is 62.6 Å². The lowest BCUT2D eigenvalue weighted by molar-refractivity contribution is -0.140. The van der Waals surface area contributed by atoms with E-state index < -0.39 is 6.04 Å². The lowest BCUT2D eigenvalue weighted by Crippen LogP contribution is -2.47. The van der Waals surface area contributed by atoms with Crippen LogP contribution in [-0.4, -0.2) is 22.8 Å². The van der Waals surface area contributed by atoms with Gasteiger partial charge in [0.15, 0.2) is 0 Å². The number of carbonyl (C=O) groups is 2. The SMILES string of the molecule is CCC(=O)N(Cc1ccc(F)cc1)C(C)C(=O)NCc1ccco1. The number of furan rings is 1. The minimum atomic E-state index is -0.641. The lowest BCUT2D eigenvalue weighted by atomic mass is 10.1. The minimum Gasteiger partial charge on any atom is -0.467 e. The fourth-order valence-corrected chi connectivity index (χ4v) is 2.31. The van der Waals surface area contributed by atoms with Crippen LogP contribution < -0.4 is 5.32 Å². The van der Waals surface area contributed by atoms with Crippen LogP contribution >= 0.6 is 0 Å². The lowest BCUT2D eigenvalue weighted by Gasteiger charge is -2.28. The van der Waals surface area contributed by atoms with E-state index in [1.807, 2.05) is 0 Å². The van der Waals surface area contributed by atoms with Crippen LogP contribution in [0.4, 0.5) is 4.39 Å². The summed E-state index contributed by atoms with van der Waals surface area (Å²) in [6, 6.07) is 8.76. The summed E-state index contributed by atoms with van der Waals surface area (Å²) in [5.74, 6) is -0.103. The molecule has 0 aliphatic rings. The summed E-state index contributed by atoms with van der Waals surface area (Å²) >= 11 is 0. The molecule has 0 saturated carbocycles. The average Bonchev–Trinajstić information content (AvgIpc) is 3.11. The van der Waals surface area contributed by atoms with Gasteiger partial charge in [0.05, 0.1) is 12.8 Å².